The summed E-state index contributed by atoms with van der Waals surface area (Å²) in [6.45, 7) is 3.87. The van der Waals surface area contributed by atoms with Crippen LogP contribution in [-0.4, -0.2) is 5.97 Å². The Bertz CT molecular complexity index is 478. The molecule has 1 aliphatic heterocycles. The molecule has 2 rings (SSSR count). The number of hydrogen-bond donors (Lipinski definition) is 0. The van der Waals surface area contributed by atoms with Crippen LogP contribution in [0.5, 0.6) is 0 Å². The second-order valence-corrected chi connectivity index (χ2v) is 5.37. The molecule has 0 spiro atoms. The molecule has 84 valence electrons. The lowest BCUT2D eigenvalue weighted by atomic mass is 9.95. The topological polar surface area (TPSA) is 26.3 Å². The van der Waals surface area contributed by atoms with Crippen molar-refractivity contribution in [3.8, 4) is 0 Å². The third-order valence-electron chi connectivity index (χ3n) is 2.69. The molecule has 1 aromatic carbocycles. The van der Waals surface area contributed by atoms with Crippen LogP contribution in [0, 0.1) is 6.92 Å². The number of rotatable bonds is 1. The number of esters is 1. The van der Waals surface area contributed by atoms with E-state index in [1.165, 1.54) is 5.56 Å². The summed E-state index contributed by atoms with van der Waals surface area (Å²) in [5.41, 5.74) is 1.37. The fraction of sp³-hybridized carbons (Fsp3) is 0.250. The molecule has 0 bridgehead atoms. The largest absolute Gasteiger partial charge is 0.445 e. The van der Waals surface area contributed by atoms with Crippen LogP contribution in [0.1, 0.15) is 18.1 Å². The van der Waals surface area contributed by atoms with Gasteiger partial charge >= 0.3 is 5.97 Å². The van der Waals surface area contributed by atoms with Crippen molar-refractivity contribution < 1.29 is 9.53 Å². The molecule has 0 aliphatic carbocycles. The fourth-order valence-electron chi connectivity index (χ4n) is 1.63. The minimum atomic E-state index is -0.734. The summed E-state index contributed by atoms with van der Waals surface area (Å²) in [7, 11) is 0. The minimum absolute atomic E-state index is 0.184. The third-order valence-corrected chi connectivity index (χ3v) is 4.92. The van der Waals surface area contributed by atoms with E-state index in [1.54, 1.807) is 0 Å². The zero-order valence-corrected chi connectivity index (χ0v) is 11.8. The van der Waals surface area contributed by atoms with Gasteiger partial charge in [0, 0.05) is 5.56 Å². The molecule has 4 heteroatoms. The Morgan fingerprint density at radius 1 is 1.31 bits per heavy atom. The summed E-state index contributed by atoms with van der Waals surface area (Å²) in [5.74, 6) is -0.450. The number of carbonyl (C=O) groups is 1. The number of benzene rings is 1. The van der Waals surface area contributed by atoms with Crippen molar-refractivity contribution >= 4 is 40.2 Å². The summed E-state index contributed by atoms with van der Waals surface area (Å²) < 4.78 is 6.08. The second kappa shape index (κ2) is 4.04. The average Bonchev–Trinajstić information content (AvgIpc) is 2.45. The second-order valence-electron chi connectivity index (χ2n) is 3.92. The van der Waals surface area contributed by atoms with E-state index in [9.17, 15) is 4.79 Å². The Labute approximate surface area is 113 Å². The first kappa shape index (κ1) is 11.9. The minimum Gasteiger partial charge on any atom is -0.445 e. The average molecular weight is 349 g/mol. The molecule has 1 aliphatic rings. The molecule has 2 nitrogen and oxygen atoms in total. The van der Waals surface area contributed by atoms with E-state index >= 15 is 0 Å². The van der Waals surface area contributed by atoms with Gasteiger partial charge in [0.2, 0.25) is 0 Å². The van der Waals surface area contributed by atoms with Gasteiger partial charge in [0.15, 0.2) is 5.60 Å². The highest BCUT2D eigenvalue weighted by molar-refractivity contribution is 14.1. The summed E-state index contributed by atoms with van der Waals surface area (Å²) in [6.07, 6.45) is 0. The normalized spacial score (nSPS) is 24.9. The lowest BCUT2D eigenvalue weighted by molar-refractivity contribution is -0.145. The lowest BCUT2D eigenvalue weighted by Gasteiger charge is -2.24. The van der Waals surface area contributed by atoms with Crippen molar-refractivity contribution in [2.75, 3.05) is 0 Å². The van der Waals surface area contributed by atoms with Crippen LogP contribution in [0.15, 0.2) is 32.9 Å². The maximum atomic E-state index is 11.4. The van der Waals surface area contributed by atoms with E-state index < -0.39 is 11.6 Å². The van der Waals surface area contributed by atoms with Gasteiger partial charge in [0.05, 0.1) is 3.58 Å². The van der Waals surface area contributed by atoms with Gasteiger partial charge in [0.25, 0.3) is 0 Å². The van der Waals surface area contributed by atoms with Crippen LogP contribution in [0.4, 0.5) is 0 Å². The molecule has 1 heterocycles. The Morgan fingerprint density at radius 3 is 2.31 bits per heavy atom. The molecule has 1 aromatic rings. The molecule has 0 fully saturated rings. The van der Waals surface area contributed by atoms with E-state index in [0.717, 1.165) is 9.14 Å². The van der Waals surface area contributed by atoms with Crippen molar-refractivity contribution in [2.45, 2.75) is 19.4 Å². The first-order valence-corrected chi connectivity index (χ1v) is 6.27. The van der Waals surface area contributed by atoms with E-state index in [1.807, 2.05) is 38.1 Å². The summed E-state index contributed by atoms with van der Waals surface area (Å²) in [4.78, 5) is 11.4. The smallest absolute Gasteiger partial charge is 0.351 e. The Balaban J connectivity index is 2.49. The zero-order chi connectivity index (χ0) is 11.9. The number of aryl methyl sites for hydroxylation is 1. The van der Waals surface area contributed by atoms with Gasteiger partial charge in [-0.15, -0.1) is 0 Å². The summed E-state index contributed by atoms with van der Waals surface area (Å²) in [6, 6.07) is 7.89. The highest BCUT2D eigenvalue weighted by Crippen LogP contribution is 2.45. The third kappa shape index (κ3) is 1.76. The molecular formula is C12H10ClIO2. The van der Waals surface area contributed by atoms with Crippen molar-refractivity contribution in [1.29, 1.82) is 0 Å². The van der Waals surface area contributed by atoms with Crippen molar-refractivity contribution in [3.63, 3.8) is 0 Å². The van der Waals surface area contributed by atoms with E-state index in [0.29, 0.717) is 0 Å². The maximum absolute atomic E-state index is 11.4. The molecule has 16 heavy (non-hydrogen) atoms. The first-order valence-electron chi connectivity index (χ1n) is 4.81. The molecule has 0 saturated carbocycles. The Hall–Kier alpha value is -0.550. The molecule has 1 atom stereocenters. The van der Waals surface area contributed by atoms with Crippen LogP contribution >= 0.6 is 34.2 Å². The van der Waals surface area contributed by atoms with Crippen LogP contribution < -0.4 is 0 Å². The number of carbonyl (C=O) groups excluding carboxylic acids is 1. The molecule has 0 saturated heterocycles. The predicted octanol–water partition coefficient (Wildman–Crippen LogP) is 3.65. The van der Waals surface area contributed by atoms with Gasteiger partial charge in [-0.25, -0.2) is 4.79 Å². The van der Waals surface area contributed by atoms with Gasteiger partial charge in [-0.3, -0.25) is 0 Å². The predicted molar refractivity (Wildman–Crippen MR) is 71.5 cm³/mol. The van der Waals surface area contributed by atoms with Crippen LogP contribution in [0.25, 0.3) is 0 Å². The van der Waals surface area contributed by atoms with Crippen molar-refractivity contribution in [3.05, 3.63) is 44.0 Å². The summed E-state index contributed by atoms with van der Waals surface area (Å²) in [5, 5.41) is 0.184. The molecule has 0 N–H and O–H groups in total. The molecular weight excluding hydrogens is 338 g/mol. The molecule has 1 unspecified atom stereocenters. The van der Waals surface area contributed by atoms with Gasteiger partial charge in [-0.2, -0.15) is 0 Å². The highest BCUT2D eigenvalue weighted by Gasteiger charge is 2.43. The maximum Gasteiger partial charge on any atom is 0.351 e. The quantitative estimate of drug-likeness (QED) is 0.572. The van der Waals surface area contributed by atoms with Gasteiger partial charge in [0.1, 0.15) is 5.03 Å². The van der Waals surface area contributed by atoms with E-state index in [-0.39, 0.29) is 5.03 Å². The number of halogens is 2. The van der Waals surface area contributed by atoms with Crippen LogP contribution in [-0.2, 0) is 15.1 Å². The summed E-state index contributed by atoms with van der Waals surface area (Å²) >= 11 is 7.94. The van der Waals surface area contributed by atoms with Crippen molar-refractivity contribution in [2.24, 2.45) is 0 Å². The Kier molecular flexibility index (Phi) is 3.01. The first-order chi connectivity index (χ1) is 7.45. The van der Waals surface area contributed by atoms with Gasteiger partial charge in [-0.1, -0.05) is 41.4 Å². The van der Waals surface area contributed by atoms with Gasteiger partial charge < -0.3 is 4.74 Å². The molecule has 0 aromatic heterocycles. The van der Waals surface area contributed by atoms with Crippen LogP contribution in [0.3, 0.4) is 0 Å². The number of hydrogen-bond acceptors (Lipinski definition) is 2. The standard InChI is InChI=1S/C12H10ClIO2/c1-7-3-5-8(6-4-7)12(2)10(14)9(13)11(15)16-12/h3-6H,1-2H3. The number of ether oxygens (including phenoxy) is 1. The zero-order valence-electron chi connectivity index (χ0n) is 8.88. The van der Waals surface area contributed by atoms with Crippen LogP contribution in [0.2, 0.25) is 0 Å². The monoisotopic (exact) mass is 348 g/mol. The Morgan fingerprint density at radius 2 is 1.88 bits per heavy atom. The molecule has 0 amide bonds. The van der Waals surface area contributed by atoms with Crippen molar-refractivity contribution in [1.82, 2.24) is 0 Å². The fourth-order valence-corrected chi connectivity index (χ4v) is 2.49. The lowest BCUT2D eigenvalue weighted by Crippen LogP contribution is -2.23. The van der Waals surface area contributed by atoms with E-state index in [4.69, 9.17) is 16.3 Å². The van der Waals surface area contributed by atoms with Gasteiger partial charge in [-0.05, 0) is 36.4 Å². The number of cyclic esters (lactones) is 1. The molecule has 0 radical (unpaired) electrons. The highest BCUT2D eigenvalue weighted by atomic mass is 127. The SMILES string of the molecule is Cc1ccc(C2(C)OC(=O)C(Cl)=C2I)cc1. The van der Waals surface area contributed by atoms with E-state index in [2.05, 4.69) is 22.6 Å².